The van der Waals surface area contributed by atoms with Crippen LogP contribution in [-0.4, -0.2) is 16.5 Å². The molecule has 1 N–H and O–H groups in total. The molecule has 0 heterocycles. The van der Waals surface area contributed by atoms with Crippen molar-refractivity contribution in [1.82, 2.24) is 0 Å². The molecule has 15 heavy (non-hydrogen) atoms. The van der Waals surface area contributed by atoms with Gasteiger partial charge in [0.25, 0.3) is 0 Å². The summed E-state index contributed by atoms with van der Waals surface area (Å²) in [6, 6.07) is 0. The molecule has 1 aliphatic rings. The molecule has 1 aliphatic carbocycles. The third-order valence-electron chi connectivity index (χ3n) is 3.50. The summed E-state index contributed by atoms with van der Waals surface area (Å²) < 4.78 is 0. The first-order valence-electron chi connectivity index (χ1n) is 6.22. The Morgan fingerprint density at radius 2 is 2.07 bits per heavy atom. The van der Waals surface area contributed by atoms with Crippen LogP contribution in [0.15, 0.2) is 0 Å². The quantitative estimate of drug-likeness (QED) is 0.687. The summed E-state index contributed by atoms with van der Waals surface area (Å²) >= 11 is 0. The molecule has 0 radical (unpaired) electrons. The SMILES string of the molecule is CCCCCC(C)C(=O)C1CC(C)(O)C1. The Morgan fingerprint density at radius 3 is 2.53 bits per heavy atom. The Labute approximate surface area is 93.1 Å². The monoisotopic (exact) mass is 212 g/mol. The van der Waals surface area contributed by atoms with Gasteiger partial charge in [0, 0.05) is 11.8 Å². The molecule has 2 nitrogen and oxygen atoms in total. The van der Waals surface area contributed by atoms with Crippen LogP contribution in [0.5, 0.6) is 0 Å². The maximum atomic E-state index is 11.9. The molecule has 0 saturated heterocycles. The molecule has 1 saturated carbocycles. The Kier molecular flexibility index (Phi) is 4.32. The summed E-state index contributed by atoms with van der Waals surface area (Å²) in [7, 11) is 0. The van der Waals surface area contributed by atoms with Crippen LogP contribution < -0.4 is 0 Å². The fourth-order valence-electron chi connectivity index (χ4n) is 2.45. The van der Waals surface area contributed by atoms with Gasteiger partial charge in [-0.2, -0.15) is 0 Å². The highest BCUT2D eigenvalue weighted by Gasteiger charge is 2.43. The van der Waals surface area contributed by atoms with Gasteiger partial charge in [-0.05, 0) is 26.2 Å². The van der Waals surface area contributed by atoms with Gasteiger partial charge in [-0.3, -0.25) is 4.79 Å². The lowest BCUT2D eigenvalue weighted by atomic mass is 9.68. The molecule has 0 aromatic rings. The van der Waals surface area contributed by atoms with E-state index >= 15 is 0 Å². The number of ketones is 1. The summed E-state index contributed by atoms with van der Waals surface area (Å²) in [6.45, 7) is 6.03. The lowest BCUT2D eigenvalue weighted by Gasteiger charge is -2.41. The van der Waals surface area contributed by atoms with Crippen LogP contribution in [0.2, 0.25) is 0 Å². The Balaban J connectivity index is 2.23. The molecule has 1 rings (SSSR count). The van der Waals surface area contributed by atoms with E-state index in [-0.39, 0.29) is 11.8 Å². The van der Waals surface area contributed by atoms with Gasteiger partial charge >= 0.3 is 0 Å². The van der Waals surface area contributed by atoms with Crippen LogP contribution in [0.3, 0.4) is 0 Å². The van der Waals surface area contributed by atoms with Crippen molar-refractivity contribution in [3.8, 4) is 0 Å². The van der Waals surface area contributed by atoms with Crippen molar-refractivity contribution in [3.05, 3.63) is 0 Å². The lowest BCUT2D eigenvalue weighted by molar-refractivity contribution is -0.140. The number of carbonyl (C=O) groups excluding carboxylic acids is 1. The van der Waals surface area contributed by atoms with Crippen molar-refractivity contribution in [2.45, 2.75) is 64.9 Å². The smallest absolute Gasteiger partial charge is 0.138 e. The van der Waals surface area contributed by atoms with Crippen LogP contribution in [0.1, 0.15) is 59.3 Å². The van der Waals surface area contributed by atoms with E-state index in [1.54, 1.807) is 0 Å². The molecule has 0 bridgehead atoms. The minimum atomic E-state index is -0.566. The molecule has 88 valence electrons. The summed E-state index contributed by atoms with van der Waals surface area (Å²) in [5, 5.41) is 9.58. The van der Waals surface area contributed by atoms with Crippen molar-refractivity contribution in [3.63, 3.8) is 0 Å². The molecular weight excluding hydrogens is 188 g/mol. The molecular formula is C13H24O2. The zero-order chi connectivity index (χ0) is 11.5. The Hall–Kier alpha value is -0.370. The second-order valence-corrected chi connectivity index (χ2v) is 5.40. The average molecular weight is 212 g/mol. The second-order valence-electron chi connectivity index (χ2n) is 5.40. The molecule has 0 aromatic heterocycles. The molecule has 2 heteroatoms. The largest absolute Gasteiger partial charge is 0.390 e. The number of unbranched alkanes of at least 4 members (excludes halogenated alkanes) is 2. The minimum absolute atomic E-state index is 0.136. The van der Waals surface area contributed by atoms with E-state index in [2.05, 4.69) is 6.92 Å². The number of hydrogen-bond donors (Lipinski definition) is 1. The lowest BCUT2D eigenvalue weighted by Crippen LogP contribution is -2.45. The van der Waals surface area contributed by atoms with E-state index < -0.39 is 5.60 Å². The van der Waals surface area contributed by atoms with Gasteiger partial charge < -0.3 is 5.11 Å². The van der Waals surface area contributed by atoms with Crippen LogP contribution in [-0.2, 0) is 4.79 Å². The average Bonchev–Trinajstić information content (AvgIpc) is 2.13. The van der Waals surface area contributed by atoms with Crippen LogP contribution in [0.25, 0.3) is 0 Å². The van der Waals surface area contributed by atoms with Gasteiger partial charge in [-0.25, -0.2) is 0 Å². The summed E-state index contributed by atoms with van der Waals surface area (Å²) in [4.78, 5) is 11.9. The maximum absolute atomic E-state index is 11.9. The number of rotatable bonds is 6. The zero-order valence-corrected chi connectivity index (χ0v) is 10.3. The van der Waals surface area contributed by atoms with Gasteiger partial charge in [-0.1, -0.05) is 33.1 Å². The molecule has 1 atom stereocenters. The highest BCUT2D eigenvalue weighted by Crippen LogP contribution is 2.39. The predicted molar refractivity (Wildman–Crippen MR) is 61.7 cm³/mol. The zero-order valence-electron chi connectivity index (χ0n) is 10.3. The van der Waals surface area contributed by atoms with Crippen LogP contribution in [0.4, 0.5) is 0 Å². The standard InChI is InChI=1S/C13H24O2/c1-4-5-6-7-10(2)12(14)11-8-13(3,15)9-11/h10-11,15H,4-9H2,1-3H3. The highest BCUT2D eigenvalue weighted by atomic mass is 16.3. The Morgan fingerprint density at radius 1 is 1.47 bits per heavy atom. The number of aliphatic hydroxyl groups is 1. The summed E-state index contributed by atoms with van der Waals surface area (Å²) in [5.41, 5.74) is -0.566. The molecule has 0 spiro atoms. The van der Waals surface area contributed by atoms with E-state index in [9.17, 15) is 9.90 Å². The topological polar surface area (TPSA) is 37.3 Å². The van der Waals surface area contributed by atoms with Crippen molar-refractivity contribution >= 4 is 5.78 Å². The summed E-state index contributed by atoms with van der Waals surface area (Å²) in [6.07, 6.45) is 5.95. The van der Waals surface area contributed by atoms with Gasteiger partial charge in [0.15, 0.2) is 0 Å². The fourth-order valence-corrected chi connectivity index (χ4v) is 2.45. The Bertz CT molecular complexity index is 213. The van der Waals surface area contributed by atoms with Gasteiger partial charge in [0.1, 0.15) is 5.78 Å². The van der Waals surface area contributed by atoms with E-state index in [0.717, 1.165) is 12.8 Å². The first-order chi connectivity index (χ1) is 6.96. The van der Waals surface area contributed by atoms with E-state index in [4.69, 9.17) is 0 Å². The predicted octanol–water partition coefficient (Wildman–Crippen LogP) is 2.93. The maximum Gasteiger partial charge on any atom is 0.138 e. The van der Waals surface area contributed by atoms with Gasteiger partial charge in [0.2, 0.25) is 0 Å². The normalized spacial score (nSPS) is 32.1. The first-order valence-corrected chi connectivity index (χ1v) is 6.22. The number of hydrogen-bond acceptors (Lipinski definition) is 2. The fraction of sp³-hybridized carbons (Fsp3) is 0.923. The number of Topliss-reactive ketones (excluding diaryl/α,β-unsaturated/α-hetero) is 1. The van der Waals surface area contributed by atoms with Crippen molar-refractivity contribution in [2.75, 3.05) is 0 Å². The molecule has 0 amide bonds. The molecule has 1 fully saturated rings. The molecule has 0 aromatic carbocycles. The molecule has 1 unspecified atom stereocenters. The third-order valence-corrected chi connectivity index (χ3v) is 3.50. The van der Waals surface area contributed by atoms with E-state index in [0.29, 0.717) is 18.6 Å². The van der Waals surface area contributed by atoms with Crippen LogP contribution >= 0.6 is 0 Å². The van der Waals surface area contributed by atoms with E-state index in [1.165, 1.54) is 12.8 Å². The van der Waals surface area contributed by atoms with Crippen molar-refractivity contribution in [1.29, 1.82) is 0 Å². The summed E-state index contributed by atoms with van der Waals surface area (Å²) in [5.74, 6) is 0.701. The third kappa shape index (κ3) is 3.60. The second kappa shape index (κ2) is 5.11. The minimum Gasteiger partial charge on any atom is -0.390 e. The van der Waals surface area contributed by atoms with Crippen molar-refractivity contribution in [2.24, 2.45) is 11.8 Å². The highest BCUT2D eigenvalue weighted by molar-refractivity contribution is 5.84. The molecule has 0 aliphatic heterocycles. The van der Waals surface area contributed by atoms with Crippen LogP contribution in [0, 0.1) is 11.8 Å². The first kappa shape index (κ1) is 12.7. The van der Waals surface area contributed by atoms with E-state index in [1.807, 2.05) is 13.8 Å². The van der Waals surface area contributed by atoms with Crippen molar-refractivity contribution < 1.29 is 9.90 Å². The van der Waals surface area contributed by atoms with Gasteiger partial charge in [0.05, 0.1) is 5.60 Å². The van der Waals surface area contributed by atoms with Gasteiger partial charge in [-0.15, -0.1) is 0 Å². The number of carbonyl (C=O) groups is 1.